The number of rotatable bonds is 4. The normalized spacial score (nSPS) is 18.8. The maximum atomic E-state index is 11.3. The first-order valence-electron chi connectivity index (χ1n) is 6.96. The van der Waals surface area contributed by atoms with Crippen molar-refractivity contribution < 1.29 is 14.3 Å². The van der Waals surface area contributed by atoms with Crippen molar-refractivity contribution >= 4 is 5.91 Å². The third-order valence-corrected chi connectivity index (χ3v) is 3.30. The Hall–Kier alpha value is -1.71. The minimum Gasteiger partial charge on any atom is -0.493 e. The van der Waals surface area contributed by atoms with E-state index < -0.39 is 0 Å². The van der Waals surface area contributed by atoms with Crippen molar-refractivity contribution in [1.82, 2.24) is 5.32 Å². The van der Waals surface area contributed by atoms with Gasteiger partial charge in [0.25, 0.3) is 0 Å². The maximum Gasteiger partial charge on any atom is 0.220 e. The van der Waals surface area contributed by atoms with Crippen LogP contribution in [-0.2, 0) is 4.79 Å². The minimum atomic E-state index is 0.0892. The van der Waals surface area contributed by atoms with Gasteiger partial charge in [-0.2, -0.15) is 0 Å². The van der Waals surface area contributed by atoms with Gasteiger partial charge in [-0.1, -0.05) is 26.8 Å². The van der Waals surface area contributed by atoms with Gasteiger partial charge < -0.3 is 14.8 Å². The number of nitrogens with one attached hydrogen (secondary N) is 1. The average Bonchev–Trinajstić information content (AvgIpc) is 2.82. The Bertz CT molecular complexity index is 491. The zero-order valence-electron chi connectivity index (χ0n) is 12.7. The SMILES string of the molecule is COc1ccc(C2CNC(=O)C2)cc1OCC(C)(C)C. The van der Waals surface area contributed by atoms with Crippen LogP contribution in [0.4, 0.5) is 0 Å². The van der Waals surface area contributed by atoms with Crippen molar-refractivity contribution in [2.45, 2.75) is 33.1 Å². The molecule has 1 aliphatic rings. The number of carbonyl (C=O) groups is 1. The zero-order chi connectivity index (χ0) is 14.8. The summed E-state index contributed by atoms with van der Waals surface area (Å²) in [6.07, 6.45) is 0.547. The van der Waals surface area contributed by atoms with Crippen molar-refractivity contribution in [1.29, 1.82) is 0 Å². The first kappa shape index (κ1) is 14.7. The number of hydrogen-bond acceptors (Lipinski definition) is 3. The van der Waals surface area contributed by atoms with Gasteiger partial charge in [-0.15, -0.1) is 0 Å². The van der Waals surface area contributed by atoms with E-state index in [1.54, 1.807) is 7.11 Å². The number of ether oxygens (including phenoxy) is 2. The Morgan fingerprint density at radius 3 is 2.60 bits per heavy atom. The lowest BCUT2D eigenvalue weighted by molar-refractivity contribution is -0.119. The molecule has 1 unspecified atom stereocenters. The molecular weight excluding hydrogens is 254 g/mol. The first-order valence-corrected chi connectivity index (χ1v) is 6.96. The molecule has 1 aliphatic heterocycles. The van der Waals surface area contributed by atoms with Gasteiger partial charge in [0, 0.05) is 18.9 Å². The summed E-state index contributed by atoms with van der Waals surface area (Å²) in [5.41, 5.74) is 1.21. The van der Waals surface area contributed by atoms with Gasteiger partial charge in [0.05, 0.1) is 13.7 Å². The highest BCUT2D eigenvalue weighted by Gasteiger charge is 2.24. The molecule has 1 atom stereocenters. The predicted molar refractivity (Wildman–Crippen MR) is 78.3 cm³/mol. The molecule has 1 fully saturated rings. The predicted octanol–water partition coefficient (Wildman–Crippen LogP) is 2.72. The van der Waals surface area contributed by atoms with E-state index in [0.717, 1.165) is 17.1 Å². The molecule has 110 valence electrons. The van der Waals surface area contributed by atoms with Crippen LogP contribution in [-0.4, -0.2) is 26.2 Å². The summed E-state index contributed by atoms with van der Waals surface area (Å²) in [4.78, 5) is 11.3. The van der Waals surface area contributed by atoms with E-state index in [4.69, 9.17) is 9.47 Å². The van der Waals surface area contributed by atoms with Crippen molar-refractivity contribution in [3.63, 3.8) is 0 Å². The third kappa shape index (κ3) is 3.65. The summed E-state index contributed by atoms with van der Waals surface area (Å²) in [6, 6.07) is 5.92. The second kappa shape index (κ2) is 5.73. The molecule has 0 radical (unpaired) electrons. The van der Waals surface area contributed by atoms with Gasteiger partial charge in [0.15, 0.2) is 11.5 Å². The zero-order valence-corrected chi connectivity index (χ0v) is 12.7. The van der Waals surface area contributed by atoms with Crippen LogP contribution in [0.15, 0.2) is 18.2 Å². The lowest BCUT2D eigenvalue weighted by Crippen LogP contribution is -2.17. The molecule has 20 heavy (non-hydrogen) atoms. The van der Waals surface area contributed by atoms with E-state index in [1.165, 1.54) is 0 Å². The van der Waals surface area contributed by atoms with Crippen LogP contribution in [0.25, 0.3) is 0 Å². The van der Waals surface area contributed by atoms with Crippen LogP contribution >= 0.6 is 0 Å². The van der Waals surface area contributed by atoms with Crippen LogP contribution in [0.2, 0.25) is 0 Å². The fourth-order valence-corrected chi connectivity index (χ4v) is 2.20. The summed E-state index contributed by atoms with van der Waals surface area (Å²) < 4.78 is 11.2. The quantitative estimate of drug-likeness (QED) is 0.920. The Morgan fingerprint density at radius 1 is 1.30 bits per heavy atom. The van der Waals surface area contributed by atoms with Crippen molar-refractivity contribution in [3.05, 3.63) is 23.8 Å². The number of hydrogen-bond donors (Lipinski definition) is 1. The maximum absolute atomic E-state index is 11.3. The molecule has 1 aromatic carbocycles. The van der Waals surface area contributed by atoms with Gasteiger partial charge in [0.1, 0.15) is 0 Å². The fraction of sp³-hybridized carbons (Fsp3) is 0.562. The molecule has 1 amide bonds. The summed E-state index contributed by atoms with van der Waals surface area (Å²) in [5.74, 6) is 1.82. The van der Waals surface area contributed by atoms with Gasteiger partial charge in [-0.3, -0.25) is 4.79 Å². The molecule has 2 rings (SSSR count). The smallest absolute Gasteiger partial charge is 0.220 e. The molecule has 1 N–H and O–H groups in total. The number of amides is 1. The van der Waals surface area contributed by atoms with Crippen LogP contribution in [0, 0.1) is 5.41 Å². The number of methoxy groups -OCH3 is 1. The summed E-state index contributed by atoms with van der Waals surface area (Å²) in [5, 5.41) is 2.86. The highest BCUT2D eigenvalue weighted by atomic mass is 16.5. The van der Waals surface area contributed by atoms with Crippen LogP contribution in [0.3, 0.4) is 0 Å². The largest absolute Gasteiger partial charge is 0.493 e. The molecule has 0 saturated carbocycles. The molecular formula is C16H23NO3. The number of benzene rings is 1. The molecule has 4 nitrogen and oxygen atoms in total. The molecule has 0 aromatic heterocycles. The summed E-state index contributed by atoms with van der Waals surface area (Å²) >= 11 is 0. The monoisotopic (exact) mass is 277 g/mol. The Labute approximate surface area is 120 Å². The molecule has 0 aliphatic carbocycles. The Morgan fingerprint density at radius 2 is 2.05 bits per heavy atom. The minimum absolute atomic E-state index is 0.0892. The van der Waals surface area contributed by atoms with Crippen LogP contribution in [0.1, 0.15) is 38.7 Å². The van der Waals surface area contributed by atoms with E-state index in [9.17, 15) is 4.79 Å². The fourth-order valence-electron chi connectivity index (χ4n) is 2.20. The molecule has 1 saturated heterocycles. The van der Waals surface area contributed by atoms with Crippen molar-refractivity contribution in [2.24, 2.45) is 5.41 Å². The van der Waals surface area contributed by atoms with E-state index in [1.807, 2.05) is 18.2 Å². The van der Waals surface area contributed by atoms with Crippen molar-refractivity contribution in [2.75, 3.05) is 20.3 Å². The second-order valence-corrected chi connectivity index (χ2v) is 6.46. The summed E-state index contributed by atoms with van der Waals surface area (Å²) in [6.45, 7) is 7.70. The van der Waals surface area contributed by atoms with E-state index >= 15 is 0 Å². The van der Waals surface area contributed by atoms with Crippen LogP contribution < -0.4 is 14.8 Å². The number of carbonyl (C=O) groups excluding carboxylic acids is 1. The van der Waals surface area contributed by atoms with Gasteiger partial charge in [0.2, 0.25) is 5.91 Å². The highest BCUT2D eigenvalue weighted by molar-refractivity contribution is 5.79. The molecule has 1 aromatic rings. The van der Waals surface area contributed by atoms with Gasteiger partial charge >= 0.3 is 0 Å². The molecule has 0 bridgehead atoms. The second-order valence-electron chi connectivity index (χ2n) is 6.46. The van der Waals surface area contributed by atoms with E-state index in [-0.39, 0.29) is 17.2 Å². The highest BCUT2D eigenvalue weighted by Crippen LogP contribution is 2.34. The van der Waals surface area contributed by atoms with Crippen LogP contribution in [0.5, 0.6) is 11.5 Å². The van der Waals surface area contributed by atoms with Gasteiger partial charge in [-0.25, -0.2) is 0 Å². The molecule has 4 heteroatoms. The first-order chi connectivity index (χ1) is 9.39. The topological polar surface area (TPSA) is 47.6 Å². The average molecular weight is 277 g/mol. The molecule has 0 spiro atoms. The standard InChI is InChI=1S/C16H23NO3/c1-16(2,3)10-20-14-7-11(5-6-13(14)19-4)12-8-15(18)17-9-12/h5-7,12H,8-10H2,1-4H3,(H,17,18). The lowest BCUT2D eigenvalue weighted by atomic mass is 9.97. The molecule has 1 heterocycles. The van der Waals surface area contributed by atoms with E-state index in [2.05, 4.69) is 26.1 Å². The van der Waals surface area contributed by atoms with Crippen molar-refractivity contribution in [3.8, 4) is 11.5 Å². The van der Waals surface area contributed by atoms with E-state index in [0.29, 0.717) is 19.6 Å². The lowest BCUT2D eigenvalue weighted by Gasteiger charge is -2.21. The third-order valence-electron chi connectivity index (χ3n) is 3.30. The Kier molecular flexibility index (Phi) is 4.21. The Balaban J connectivity index is 2.18. The summed E-state index contributed by atoms with van der Waals surface area (Å²) in [7, 11) is 1.64. The van der Waals surface area contributed by atoms with Gasteiger partial charge in [-0.05, 0) is 23.1 Å².